The van der Waals surface area contributed by atoms with Crippen LogP contribution in [0.5, 0.6) is 0 Å². The Morgan fingerprint density at radius 3 is 2.60 bits per heavy atom. The second-order valence-electron chi connectivity index (χ2n) is 3.14. The maximum atomic E-state index is 12.9. The van der Waals surface area contributed by atoms with Crippen LogP contribution in [-0.2, 0) is 16.1 Å². The van der Waals surface area contributed by atoms with Crippen LogP contribution >= 0.6 is 0 Å². The second kappa shape index (κ2) is 6.37. The Kier molecular flexibility index (Phi) is 5.07. The molecule has 0 saturated heterocycles. The van der Waals surface area contributed by atoms with E-state index in [2.05, 4.69) is 0 Å². The Balaban J connectivity index is 2.31. The number of rotatable bonds is 6. The zero-order chi connectivity index (χ0) is 11.1. The first-order valence-electron chi connectivity index (χ1n) is 4.93. The van der Waals surface area contributed by atoms with Gasteiger partial charge in [0.25, 0.3) is 0 Å². The first kappa shape index (κ1) is 11.9. The average molecular weight is 213 g/mol. The summed E-state index contributed by atoms with van der Waals surface area (Å²) in [5, 5.41) is 0. The van der Waals surface area contributed by atoms with Crippen LogP contribution in [0.2, 0.25) is 0 Å². The van der Waals surface area contributed by atoms with E-state index in [1.807, 2.05) is 6.92 Å². The van der Waals surface area contributed by atoms with Gasteiger partial charge in [-0.2, -0.15) is 0 Å². The highest BCUT2D eigenvalue weighted by molar-refractivity contribution is 5.41. The van der Waals surface area contributed by atoms with Gasteiger partial charge in [0.2, 0.25) is 0 Å². The van der Waals surface area contributed by atoms with Crippen molar-refractivity contribution in [2.75, 3.05) is 25.6 Å². The SMILES string of the molecule is CCOCCOCc1cc(N)cc(F)c1. The molecule has 15 heavy (non-hydrogen) atoms. The van der Waals surface area contributed by atoms with Gasteiger partial charge in [-0.05, 0) is 30.7 Å². The molecule has 0 heterocycles. The van der Waals surface area contributed by atoms with Crippen molar-refractivity contribution in [3.8, 4) is 0 Å². The molecule has 4 heteroatoms. The number of hydrogen-bond donors (Lipinski definition) is 1. The van der Waals surface area contributed by atoms with Gasteiger partial charge in [-0.25, -0.2) is 4.39 Å². The van der Waals surface area contributed by atoms with E-state index >= 15 is 0 Å². The number of benzene rings is 1. The Morgan fingerprint density at radius 2 is 1.93 bits per heavy atom. The highest BCUT2D eigenvalue weighted by atomic mass is 19.1. The number of ether oxygens (including phenoxy) is 2. The summed E-state index contributed by atoms with van der Waals surface area (Å²) in [6, 6.07) is 4.39. The molecule has 1 aromatic carbocycles. The van der Waals surface area contributed by atoms with E-state index in [4.69, 9.17) is 15.2 Å². The van der Waals surface area contributed by atoms with Crippen molar-refractivity contribution >= 4 is 5.69 Å². The number of nitrogens with two attached hydrogens (primary N) is 1. The van der Waals surface area contributed by atoms with E-state index in [0.29, 0.717) is 32.1 Å². The minimum atomic E-state index is -0.335. The lowest BCUT2D eigenvalue weighted by molar-refractivity contribution is 0.0452. The fourth-order valence-corrected chi connectivity index (χ4v) is 1.21. The zero-order valence-corrected chi connectivity index (χ0v) is 8.83. The van der Waals surface area contributed by atoms with Crippen molar-refractivity contribution in [2.45, 2.75) is 13.5 Å². The molecular formula is C11H16FNO2. The lowest BCUT2D eigenvalue weighted by Gasteiger charge is -2.05. The third-order valence-electron chi connectivity index (χ3n) is 1.82. The monoisotopic (exact) mass is 213 g/mol. The largest absolute Gasteiger partial charge is 0.399 e. The number of nitrogen functional groups attached to an aromatic ring is 1. The second-order valence-corrected chi connectivity index (χ2v) is 3.14. The van der Waals surface area contributed by atoms with Crippen molar-refractivity contribution in [1.29, 1.82) is 0 Å². The molecule has 0 fully saturated rings. The predicted molar refractivity (Wildman–Crippen MR) is 57.0 cm³/mol. The van der Waals surface area contributed by atoms with Gasteiger partial charge in [0.05, 0.1) is 19.8 Å². The van der Waals surface area contributed by atoms with E-state index in [9.17, 15) is 4.39 Å². The van der Waals surface area contributed by atoms with Crippen LogP contribution in [-0.4, -0.2) is 19.8 Å². The fraction of sp³-hybridized carbons (Fsp3) is 0.455. The summed E-state index contributed by atoms with van der Waals surface area (Å²) < 4.78 is 23.3. The smallest absolute Gasteiger partial charge is 0.125 e. The van der Waals surface area contributed by atoms with Gasteiger partial charge in [0.1, 0.15) is 5.82 Å². The van der Waals surface area contributed by atoms with Crippen LogP contribution in [0.3, 0.4) is 0 Å². The van der Waals surface area contributed by atoms with Gasteiger partial charge in [-0.1, -0.05) is 0 Å². The molecule has 1 aromatic rings. The van der Waals surface area contributed by atoms with Gasteiger partial charge in [0.15, 0.2) is 0 Å². The quantitative estimate of drug-likeness (QED) is 0.580. The summed E-state index contributed by atoms with van der Waals surface area (Å²) in [4.78, 5) is 0. The molecule has 0 aliphatic carbocycles. The first-order chi connectivity index (χ1) is 7.22. The van der Waals surface area contributed by atoms with Crippen molar-refractivity contribution < 1.29 is 13.9 Å². The molecule has 0 aliphatic rings. The molecule has 0 saturated carbocycles. The van der Waals surface area contributed by atoms with Crippen molar-refractivity contribution in [3.05, 3.63) is 29.6 Å². The van der Waals surface area contributed by atoms with E-state index in [1.54, 1.807) is 6.07 Å². The van der Waals surface area contributed by atoms with Gasteiger partial charge in [-0.3, -0.25) is 0 Å². The number of halogens is 1. The lowest BCUT2D eigenvalue weighted by atomic mass is 10.2. The van der Waals surface area contributed by atoms with Crippen LogP contribution in [0.4, 0.5) is 10.1 Å². The first-order valence-corrected chi connectivity index (χ1v) is 4.93. The molecule has 0 aliphatic heterocycles. The molecule has 0 bridgehead atoms. The van der Waals surface area contributed by atoms with Crippen molar-refractivity contribution in [3.63, 3.8) is 0 Å². The van der Waals surface area contributed by atoms with Gasteiger partial charge < -0.3 is 15.2 Å². The molecule has 0 atom stereocenters. The third kappa shape index (κ3) is 4.76. The summed E-state index contributed by atoms with van der Waals surface area (Å²) in [5.74, 6) is -0.335. The molecule has 84 valence electrons. The summed E-state index contributed by atoms with van der Waals surface area (Å²) >= 11 is 0. The standard InChI is InChI=1S/C11H16FNO2/c1-2-14-3-4-15-8-9-5-10(12)7-11(13)6-9/h5-7H,2-4,8,13H2,1H3. The van der Waals surface area contributed by atoms with Gasteiger partial charge >= 0.3 is 0 Å². The zero-order valence-electron chi connectivity index (χ0n) is 8.83. The average Bonchev–Trinajstić information content (AvgIpc) is 2.16. The molecule has 1 rings (SSSR count). The Morgan fingerprint density at radius 1 is 1.20 bits per heavy atom. The van der Waals surface area contributed by atoms with E-state index in [-0.39, 0.29) is 5.82 Å². The van der Waals surface area contributed by atoms with E-state index in [1.165, 1.54) is 12.1 Å². The summed E-state index contributed by atoms with van der Waals surface area (Å²) in [6.45, 7) is 4.02. The van der Waals surface area contributed by atoms with Crippen LogP contribution in [0.15, 0.2) is 18.2 Å². The Hall–Kier alpha value is -1.13. The normalized spacial score (nSPS) is 10.5. The Bertz CT molecular complexity index is 284. The Labute approximate surface area is 89.0 Å². The summed E-state index contributed by atoms with van der Waals surface area (Å²) in [7, 11) is 0. The van der Waals surface area contributed by atoms with Gasteiger partial charge in [-0.15, -0.1) is 0 Å². The van der Waals surface area contributed by atoms with E-state index < -0.39 is 0 Å². The van der Waals surface area contributed by atoms with Crippen molar-refractivity contribution in [1.82, 2.24) is 0 Å². The third-order valence-corrected chi connectivity index (χ3v) is 1.82. The van der Waals surface area contributed by atoms with Crippen molar-refractivity contribution in [2.24, 2.45) is 0 Å². The molecule has 0 amide bonds. The molecule has 0 unspecified atom stereocenters. The van der Waals surface area contributed by atoms with Crippen LogP contribution < -0.4 is 5.73 Å². The predicted octanol–water partition coefficient (Wildman–Crippen LogP) is 1.96. The summed E-state index contributed by atoms with van der Waals surface area (Å²) in [6.07, 6.45) is 0. The van der Waals surface area contributed by atoms with E-state index in [0.717, 1.165) is 5.56 Å². The molecule has 3 nitrogen and oxygen atoms in total. The van der Waals surface area contributed by atoms with Gasteiger partial charge in [0, 0.05) is 12.3 Å². The van der Waals surface area contributed by atoms with Crippen LogP contribution in [0.25, 0.3) is 0 Å². The summed E-state index contributed by atoms with van der Waals surface area (Å²) in [5.41, 5.74) is 6.65. The molecule has 0 aromatic heterocycles. The topological polar surface area (TPSA) is 44.5 Å². The molecule has 0 spiro atoms. The minimum Gasteiger partial charge on any atom is -0.399 e. The van der Waals surface area contributed by atoms with Crippen LogP contribution in [0.1, 0.15) is 12.5 Å². The fourth-order valence-electron chi connectivity index (χ4n) is 1.21. The maximum absolute atomic E-state index is 12.9. The lowest BCUT2D eigenvalue weighted by Crippen LogP contribution is -2.04. The maximum Gasteiger partial charge on any atom is 0.125 e. The molecular weight excluding hydrogens is 197 g/mol. The molecule has 2 N–H and O–H groups in total. The van der Waals surface area contributed by atoms with Crippen LogP contribution in [0, 0.1) is 5.82 Å². The highest BCUT2D eigenvalue weighted by Crippen LogP contribution is 2.11. The number of hydrogen-bond acceptors (Lipinski definition) is 3. The highest BCUT2D eigenvalue weighted by Gasteiger charge is 1.98. The minimum absolute atomic E-state index is 0.335. The number of anilines is 1. The molecule has 0 radical (unpaired) electrons.